The van der Waals surface area contributed by atoms with E-state index in [2.05, 4.69) is 10.6 Å². The molecule has 2 N–H and O–H groups in total. The fraction of sp³-hybridized carbons (Fsp3) is 0.333. The number of nitrogens with zero attached hydrogens (tertiary/aromatic N) is 1. The highest BCUT2D eigenvalue weighted by Gasteiger charge is 2.23. The number of hydrogen-bond donors (Lipinski definition) is 2. The van der Waals surface area contributed by atoms with Gasteiger partial charge >= 0.3 is 5.97 Å². The maximum Gasteiger partial charge on any atom is 0.341 e. The largest absolute Gasteiger partial charge is 0.449 e. The number of nitrogens with one attached hydrogen (secondary N) is 2. The third-order valence-corrected chi connectivity index (χ3v) is 4.30. The Bertz CT molecular complexity index is 898. The second-order valence-corrected chi connectivity index (χ2v) is 6.66. The molecule has 0 bridgehead atoms. The van der Waals surface area contributed by atoms with E-state index < -0.39 is 22.9 Å². The Kier molecular flexibility index (Phi) is 8.30. The minimum Gasteiger partial charge on any atom is -0.449 e. The van der Waals surface area contributed by atoms with Gasteiger partial charge in [-0.15, -0.1) is 0 Å². The molecule has 2 rings (SSSR count). The highest BCUT2D eigenvalue weighted by atomic mass is 16.6. The first-order valence-corrected chi connectivity index (χ1v) is 9.37. The zero-order valence-corrected chi connectivity index (χ0v) is 17.1. The van der Waals surface area contributed by atoms with Crippen LogP contribution in [0.3, 0.4) is 0 Å². The molecule has 0 saturated carbocycles. The quantitative estimate of drug-likeness (QED) is 0.265. The molecule has 0 aliphatic rings. The van der Waals surface area contributed by atoms with Crippen molar-refractivity contribution in [3.8, 4) is 0 Å². The van der Waals surface area contributed by atoms with Crippen molar-refractivity contribution in [3.05, 3.63) is 69.3 Å². The van der Waals surface area contributed by atoms with Crippen LogP contribution >= 0.6 is 0 Å². The van der Waals surface area contributed by atoms with Gasteiger partial charge < -0.3 is 20.1 Å². The van der Waals surface area contributed by atoms with Gasteiger partial charge in [0.15, 0.2) is 6.10 Å². The summed E-state index contributed by atoms with van der Waals surface area (Å²) in [4.78, 5) is 35.4. The summed E-state index contributed by atoms with van der Waals surface area (Å²) in [6.07, 6.45) is -1.07. The average Bonchev–Trinajstić information content (AvgIpc) is 2.73. The Labute approximate surface area is 174 Å². The molecule has 0 heterocycles. The predicted octanol–water partition coefficient (Wildman–Crippen LogP) is 2.82. The number of anilines is 1. The lowest BCUT2D eigenvalue weighted by Crippen LogP contribution is -2.35. The van der Waals surface area contributed by atoms with Crippen LogP contribution < -0.4 is 10.6 Å². The monoisotopic (exact) mass is 415 g/mol. The van der Waals surface area contributed by atoms with E-state index in [0.29, 0.717) is 25.4 Å². The SMILES string of the molecule is COCCNc1ccc([N+](=O)[O-])cc1C(=O)O[C@H](C)C(=O)NCc1ccc(C)cc1. The van der Waals surface area contributed by atoms with Crippen LogP contribution in [0, 0.1) is 17.0 Å². The number of nitro benzene ring substituents is 1. The molecule has 9 heteroatoms. The number of amides is 1. The van der Waals surface area contributed by atoms with Gasteiger partial charge in [0.05, 0.1) is 17.1 Å². The van der Waals surface area contributed by atoms with Crippen LogP contribution in [0.15, 0.2) is 42.5 Å². The Morgan fingerprint density at radius 3 is 2.50 bits per heavy atom. The average molecular weight is 415 g/mol. The molecule has 1 atom stereocenters. The number of hydrogen-bond acceptors (Lipinski definition) is 7. The van der Waals surface area contributed by atoms with Gasteiger partial charge in [-0.25, -0.2) is 4.79 Å². The number of non-ortho nitro benzene ring substituents is 1. The number of aryl methyl sites for hydroxylation is 1. The molecule has 1 amide bonds. The molecular formula is C21H25N3O6. The third-order valence-electron chi connectivity index (χ3n) is 4.30. The van der Waals surface area contributed by atoms with Crippen LogP contribution in [0.25, 0.3) is 0 Å². The van der Waals surface area contributed by atoms with Crippen molar-refractivity contribution in [1.29, 1.82) is 0 Å². The van der Waals surface area contributed by atoms with Crippen LogP contribution in [-0.4, -0.2) is 43.2 Å². The fourth-order valence-electron chi connectivity index (χ4n) is 2.57. The second-order valence-electron chi connectivity index (χ2n) is 6.66. The second kappa shape index (κ2) is 10.9. The summed E-state index contributed by atoms with van der Waals surface area (Å²) < 4.78 is 10.2. The van der Waals surface area contributed by atoms with Crippen LogP contribution in [0.2, 0.25) is 0 Å². The first-order chi connectivity index (χ1) is 14.3. The third kappa shape index (κ3) is 6.56. The van der Waals surface area contributed by atoms with Crippen molar-refractivity contribution >= 4 is 23.3 Å². The minimum absolute atomic E-state index is 0.0292. The molecule has 0 radical (unpaired) electrons. The lowest BCUT2D eigenvalue weighted by atomic mass is 10.1. The topological polar surface area (TPSA) is 120 Å². The normalized spacial score (nSPS) is 11.4. The zero-order chi connectivity index (χ0) is 22.1. The van der Waals surface area contributed by atoms with Gasteiger partial charge in [0.2, 0.25) is 0 Å². The van der Waals surface area contributed by atoms with Gasteiger partial charge in [0, 0.05) is 38.0 Å². The minimum atomic E-state index is -1.07. The predicted molar refractivity (Wildman–Crippen MR) is 111 cm³/mol. The zero-order valence-electron chi connectivity index (χ0n) is 17.1. The Morgan fingerprint density at radius 2 is 1.87 bits per heavy atom. The maximum absolute atomic E-state index is 12.6. The Balaban J connectivity index is 2.04. The van der Waals surface area contributed by atoms with Gasteiger partial charge in [-0.2, -0.15) is 0 Å². The molecule has 2 aromatic rings. The van der Waals surface area contributed by atoms with Crippen LogP contribution in [-0.2, 0) is 20.8 Å². The molecule has 2 aromatic carbocycles. The summed E-state index contributed by atoms with van der Waals surface area (Å²) >= 11 is 0. The van der Waals surface area contributed by atoms with Crippen molar-refractivity contribution in [2.75, 3.05) is 25.6 Å². The van der Waals surface area contributed by atoms with E-state index in [1.165, 1.54) is 26.2 Å². The van der Waals surface area contributed by atoms with E-state index in [4.69, 9.17) is 9.47 Å². The number of esters is 1. The number of benzene rings is 2. The summed E-state index contributed by atoms with van der Waals surface area (Å²) in [5, 5.41) is 16.7. The van der Waals surface area contributed by atoms with Crippen LogP contribution in [0.1, 0.15) is 28.4 Å². The van der Waals surface area contributed by atoms with Crippen molar-refractivity contribution < 1.29 is 24.0 Å². The highest BCUT2D eigenvalue weighted by Crippen LogP contribution is 2.23. The van der Waals surface area contributed by atoms with E-state index >= 15 is 0 Å². The van der Waals surface area contributed by atoms with E-state index in [-0.39, 0.29) is 11.3 Å². The summed E-state index contributed by atoms with van der Waals surface area (Å²) in [5.41, 5.74) is 2.10. The number of methoxy groups -OCH3 is 1. The maximum atomic E-state index is 12.6. The number of nitro groups is 1. The van der Waals surface area contributed by atoms with Gasteiger partial charge in [0.1, 0.15) is 0 Å². The van der Waals surface area contributed by atoms with Crippen LogP contribution in [0.4, 0.5) is 11.4 Å². The molecule has 0 spiro atoms. The van der Waals surface area contributed by atoms with Gasteiger partial charge in [-0.3, -0.25) is 14.9 Å². The van der Waals surface area contributed by atoms with Gasteiger partial charge in [0.25, 0.3) is 11.6 Å². The van der Waals surface area contributed by atoms with Crippen molar-refractivity contribution in [3.63, 3.8) is 0 Å². The van der Waals surface area contributed by atoms with Gasteiger partial charge in [-0.05, 0) is 25.5 Å². The molecule has 0 aromatic heterocycles. The van der Waals surface area contributed by atoms with E-state index in [9.17, 15) is 19.7 Å². The van der Waals surface area contributed by atoms with E-state index in [1.807, 2.05) is 31.2 Å². The molecule has 30 heavy (non-hydrogen) atoms. The lowest BCUT2D eigenvalue weighted by Gasteiger charge is -2.16. The Hall–Kier alpha value is -3.46. The molecule has 0 aliphatic carbocycles. The van der Waals surface area contributed by atoms with Crippen LogP contribution in [0.5, 0.6) is 0 Å². The number of carbonyl (C=O) groups is 2. The molecule has 0 aliphatic heterocycles. The fourth-order valence-corrected chi connectivity index (χ4v) is 2.57. The van der Waals surface area contributed by atoms with Gasteiger partial charge in [-0.1, -0.05) is 29.8 Å². The Morgan fingerprint density at radius 1 is 1.17 bits per heavy atom. The molecule has 0 saturated heterocycles. The first kappa shape index (κ1) is 22.8. The number of ether oxygens (including phenoxy) is 2. The molecule has 160 valence electrons. The smallest absolute Gasteiger partial charge is 0.341 e. The summed E-state index contributed by atoms with van der Waals surface area (Å²) in [6, 6.07) is 11.5. The summed E-state index contributed by atoms with van der Waals surface area (Å²) in [5.74, 6) is -1.31. The number of rotatable bonds is 10. The number of carbonyl (C=O) groups excluding carboxylic acids is 2. The van der Waals surface area contributed by atoms with E-state index in [1.54, 1.807) is 0 Å². The van der Waals surface area contributed by atoms with Crippen molar-refractivity contribution in [1.82, 2.24) is 5.32 Å². The molecule has 0 fully saturated rings. The van der Waals surface area contributed by atoms with E-state index in [0.717, 1.165) is 17.2 Å². The standard InChI is InChI=1S/C21H25N3O6/c1-14-4-6-16(7-5-14)13-23-20(25)15(2)30-21(26)18-12-17(24(27)28)8-9-19(18)22-10-11-29-3/h4-9,12,15,22H,10-11,13H2,1-3H3,(H,23,25)/t15-/m1/s1. The first-order valence-electron chi connectivity index (χ1n) is 9.37. The van der Waals surface area contributed by atoms with Crippen molar-refractivity contribution in [2.45, 2.75) is 26.5 Å². The summed E-state index contributed by atoms with van der Waals surface area (Å²) in [7, 11) is 1.53. The molecule has 9 nitrogen and oxygen atoms in total. The lowest BCUT2D eigenvalue weighted by molar-refractivity contribution is -0.384. The molecule has 0 unspecified atom stereocenters. The highest BCUT2D eigenvalue weighted by molar-refractivity contribution is 5.98. The molecular weight excluding hydrogens is 390 g/mol. The van der Waals surface area contributed by atoms with Crippen molar-refractivity contribution in [2.24, 2.45) is 0 Å². The summed E-state index contributed by atoms with van der Waals surface area (Å²) in [6.45, 7) is 4.47.